The fourth-order valence-corrected chi connectivity index (χ4v) is 2.46. The summed E-state index contributed by atoms with van der Waals surface area (Å²) in [6.07, 6.45) is 1.17. The SMILES string of the molecule is CCOc1cc(C([15NH2])CS(C)(=O)=O)ccc1OC. The van der Waals surface area contributed by atoms with E-state index >= 15 is 0 Å². The molecule has 6 heteroatoms. The minimum absolute atomic E-state index is 0.0924. The van der Waals surface area contributed by atoms with Crippen LogP contribution in [0.25, 0.3) is 0 Å². The summed E-state index contributed by atoms with van der Waals surface area (Å²) in [5.41, 5.74) is 6.57. The molecule has 102 valence electrons. The maximum atomic E-state index is 11.2. The highest BCUT2D eigenvalue weighted by molar-refractivity contribution is 7.90. The van der Waals surface area contributed by atoms with Crippen LogP contribution in [0.1, 0.15) is 18.5 Å². The Morgan fingerprint density at radius 2 is 2.00 bits per heavy atom. The number of ether oxygens (including phenoxy) is 2. The summed E-state index contributed by atoms with van der Waals surface area (Å²) < 4.78 is 33.0. The molecule has 1 rings (SSSR count). The van der Waals surface area contributed by atoms with Crippen LogP contribution in [0.4, 0.5) is 0 Å². The lowest BCUT2D eigenvalue weighted by molar-refractivity contribution is 0.310. The zero-order valence-electron chi connectivity index (χ0n) is 10.8. The van der Waals surface area contributed by atoms with E-state index in [1.165, 1.54) is 6.26 Å². The van der Waals surface area contributed by atoms with Crippen LogP contribution in [0.2, 0.25) is 0 Å². The lowest BCUT2D eigenvalue weighted by atomic mass is 10.1. The average molecular weight is 274 g/mol. The van der Waals surface area contributed by atoms with Crippen LogP contribution in [0.5, 0.6) is 11.5 Å². The monoisotopic (exact) mass is 274 g/mol. The molecule has 0 spiro atoms. The summed E-state index contributed by atoms with van der Waals surface area (Å²) >= 11 is 0. The molecule has 0 aliphatic carbocycles. The standard InChI is InChI=1S/C12H19NO4S/c1-4-17-12-7-9(5-6-11(12)16-2)10(13)8-18(3,14)15/h5-7,10H,4,8,13H2,1-3H3/i13+1. The van der Waals surface area contributed by atoms with Crippen LogP contribution in [-0.4, -0.2) is 34.1 Å². The molecular weight excluding hydrogens is 255 g/mol. The summed E-state index contributed by atoms with van der Waals surface area (Å²) in [5, 5.41) is 0. The number of hydrogen-bond donors (Lipinski definition) is 1. The Bertz CT molecular complexity index is 499. The van der Waals surface area contributed by atoms with Gasteiger partial charge in [0.1, 0.15) is 9.84 Å². The fraction of sp³-hybridized carbons (Fsp3) is 0.500. The van der Waals surface area contributed by atoms with Crippen molar-refractivity contribution >= 4 is 9.84 Å². The van der Waals surface area contributed by atoms with Crippen molar-refractivity contribution in [2.24, 2.45) is 5.73 Å². The van der Waals surface area contributed by atoms with Gasteiger partial charge in [-0.15, -0.1) is 0 Å². The van der Waals surface area contributed by atoms with E-state index in [0.717, 1.165) is 0 Å². The second-order valence-corrected chi connectivity index (χ2v) is 6.23. The van der Waals surface area contributed by atoms with Gasteiger partial charge in [0.25, 0.3) is 0 Å². The lowest BCUT2D eigenvalue weighted by Gasteiger charge is -2.15. The second kappa shape index (κ2) is 6.06. The first-order valence-corrected chi connectivity index (χ1v) is 7.67. The maximum absolute atomic E-state index is 11.2. The van der Waals surface area contributed by atoms with Gasteiger partial charge < -0.3 is 15.2 Å². The third-order valence-electron chi connectivity index (χ3n) is 2.40. The second-order valence-electron chi connectivity index (χ2n) is 4.04. The van der Waals surface area contributed by atoms with Gasteiger partial charge in [-0.25, -0.2) is 8.42 Å². The Labute approximate surface area is 108 Å². The summed E-state index contributed by atoms with van der Waals surface area (Å²) in [7, 11) is -1.56. The highest BCUT2D eigenvalue weighted by Gasteiger charge is 2.15. The van der Waals surface area contributed by atoms with Crippen molar-refractivity contribution < 1.29 is 17.9 Å². The van der Waals surface area contributed by atoms with Crippen molar-refractivity contribution in [3.05, 3.63) is 23.8 Å². The van der Waals surface area contributed by atoms with Gasteiger partial charge in [0.15, 0.2) is 11.5 Å². The molecule has 0 aliphatic rings. The molecule has 1 aromatic carbocycles. The third kappa shape index (κ3) is 4.19. The molecule has 5 nitrogen and oxygen atoms in total. The number of rotatable bonds is 6. The number of benzene rings is 1. The average Bonchev–Trinajstić information content (AvgIpc) is 2.27. The van der Waals surface area contributed by atoms with Crippen LogP contribution in [-0.2, 0) is 9.84 Å². The van der Waals surface area contributed by atoms with Gasteiger partial charge in [0.2, 0.25) is 0 Å². The molecule has 1 unspecified atom stereocenters. The lowest BCUT2D eigenvalue weighted by Crippen LogP contribution is -2.20. The Morgan fingerprint density at radius 3 is 2.50 bits per heavy atom. The molecule has 0 heterocycles. The quantitative estimate of drug-likeness (QED) is 0.787. The van der Waals surface area contributed by atoms with E-state index in [2.05, 4.69) is 0 Å². The first-order valence-electron chi connectivity index (χ1n) is 5.61. The van der Waals surface area contributed by atoms with E-state index in [1.807, 2.05) is 6.92 Å². The van der Waals surface area contributed by atoms with Gasteiger partial charge in [0, 0.05) is 12.3 Å². The molecule has 0 aromatic heterocycles. The van der Waals surface area contributed by atoms with Gasteiger partial charge >= 0.3 is 0 Å². The first-order chi connectivity index (χ1) is 8.37. The molecular formula is C12H19NO4S. The van der Waals surface area contributed by atoms with Crippen LogP contribution in [0.15, 0.2) is 18.2 Å². The molecule has 0 radical (unpaired) electrons. The molecule has 0 saturated carbocycles. The molecule has 0 saturated heterocycles. The normalized spacial score (nSPS) is 13.1. The number of hydrogen-bond acceptors (Lipinski definition) is 5. The Morgan fingerprint density at radius 1 is 1.33 bits per heavy atom. The highest BCUT2D eigenvalue weighted by Crippen LogP contribution is 2.30. The number of nitrogens with two attached hydrogens (primary N) is 1. The maximum Gasteiger partial charge on any atom is 0.161 e. The molecule has 0 fully saturated rings. The molecule has 2 N–H and O–H groups in total. The van der Waals surface area contributed by atoms with E-state index in [-0.39, 0.29) is 5.75 Å². The van der Waals surface area contributed by atoms with Crippen LogP contribution < -0.4 is 15.2 Å². The third-order valence-corrected chi connectivity index (χ3v) is 3.36. The Hall–Kier alpha value is -1.27. The minimum Gasteiger partial charge on any atom is -0.493 e. The Balaban J connectivity index is 3.00. The molecule has 1 aromatic rings. The van der Waals surface area contributed by atoms with Crippen molar-refractivity contribution in [3.8, 4) is 11.5 Å². The molecule has 0 bridgehead atoms. The minimum atomic E-state index is -3.11. The largest absolute Gasteiger partial charge is 0.493 e. The Kier molecular flexibility index (Phi) is 4.98. The van der Waals surface area contributed by atoms with E-state index < -0.39 is 15.9 Å². The topological polar surface area (TPSA) is 78.6 Å². The zero-order chi connectivity index (χ0) is 13.8. The van der Waals surface area contributed by atoms with Gasteiger partial charge in [-0.2, -0.15) is 0 Å². The summed E-state index contributed by atoms with van der Waals surface area (Å²) in [4.78, 5) is 0. The predicted octanol–water partition coefficient (Wildman–Crippen LogP) is 1.14. The number of methoxy groups -OCH3 is 1. The van der Waals surface area contributed by atoms with Gasteiger partial charge in [-0.05, 0) is 24.6 Å². The molecule has 0 aliphatic heterocycles. The van der Waals surface area contributed by atoms with Gasteiger partial charge in [0.05, 0.1) is 19.5 Å². The van der Waals surface area contributed by atoms with Crippen molar-refractivity contribution in [3.63, 3.8) is 0 Å². The summed E-state index contributed by atoms with van der Waals surface area (Å²) in [6, 6.07) is 4.63. The van der Waals surface area contributed by atoms with Crippen LogP contribution in [0.3, 0.4) is 0 Å². The fourth-order valence-electron chi connectivity index (χ4n) is 1.61. The highest BCUT2D eigenvalue weighted by atomic mass is 32.2. The van der Waals surface area contributed by atoms with Gasteiger partial charge in [-0.3, -0.25) is 0 Å². The van der Waals surface area contributed by atoms with Crippen molar-refractivity contribution in [1.29, 1.82) is 0 Å². The molecule has 1 atom stereocenters. The van der Waals surface area contributed by atoms with Gasteiger partial charge in [-0.1, -0.05) is 6.07 Å². The van der Waals surface area contributed by atoms with Crippen molar-refractivity contribution in [2.45, 2.75) is 13.0 Å². The predicted molar refractivity (Wildman–Crippen MR) is 70.8 cm³/mol. The van der Waals surface area contributed by atoms with E-state index in [0.29, 0.717) is 23.7 Å². The van der Waals surface area contributed by atoms with E-state index in [9.17, 15) is 8.42 Å². The summed E-state index contributed by atoms with van der Waals surface area (Å²) in [5.74, 6) is 1.08. The van der Waals surface area contributed by atoms with Crippen molar-refractivity contribution in [2.75, 3.05) is 25.7 Å². The van der Waals surface area contributed by atoms with E-state index in [1.54, 1.807) is 25.3 Å². The number of sulfone groups is 1. The van der Waals surface area contributed by atoms with Crippen LogP contribution >= 0.6 is 0 Å². The first kappa shape index (κ1) is 14.8. The molecule has 18 heavy (non-hydrogen) atoms. The van der Waals surface area contributed by atoms with Crippen LogP contribution in [0, 0.1) is 0 Å². The molecule has 0 amide bonds. The summed E-state index contributed by atoms with van der Waals surface area (Å²) in [6.45, 7) is 2.36. The van der Waals surface area contributed by atoms with Crippen molar-refractivity contribution in [1.82, 2.24) is 0 Å². The van der Waals surface area contributed by atoms with E-state index in [4.69, 9.17) is 15.2 Å². The smallest absolute Gasteiger partial charge is 0.161 e. The zero-order valence-corrected chi connectivity index (χ0v) is 11.7.